The number of benzene rings is 14. The Morgan fingerprint density at radius 3 is 0.764 bits per heavy atom. The molecule has 0 radical (unpaired) electrons. The Hall–Kier alpha value is -11.5. The van der Waals surface area contributed by atoms with Crippen LogP contribution >= 0.6 is 11.3 Å². The van der Waals surface area contributed by atoms with E-state index in [-0.39, 0.29) is 0 Å². The topological polar surface area (TPSA) is 16.3 Å². The van der Waals surface area contributed by atoms with Gasteiger partial charge in [0.15, 0.2) is 0 Å². The van der Waals surface area contributed by atoms with Gasteiger partial charge in [-0.05, 0) is 178 Å². The van der Waals surface area contributed by atoms with Crippen LogP contribution < -0.4 is 9.80 Å². The van der Waals surface area contributed by atoms with Crippen LogP contribution in [0.2, 0.25) is 0 Å². The Kier molecular flexibility index (Phi) is 12.7. The Labute approximate surface area is 520 Å². The molecule has 89 heavy (non-hydrogen) atoms. The highest BCUT2D eigenvalue weighted by Gasteiger charge is 2.25. The lowest BCUT2D eigenvalue weighted by Gasteiger charge is -2.25. The molecule has 0 aliphatic rings. The molecule has 4 nitrogen and oxygen atoms in total. The summed E-state index contributed by atoms with van der Waals surface area (Å²) in [5.41, 5.74) is 22.7. The van der Waals surface area contributed by atoms with Crippen molar-refractivity contribution in [1.82, 2.24) is 9.13 Å². The van der Waals surface area contributed by atoms with Crippen molar-refractivity contribution in [3.05, 3.63) is 340 Å². The zero-order chi connectivity index (χ0) is 58.8. The summed E-state index contributed by atoms with van der Waals surface area (Å²) in [6.45, 7) is 0. The average molecular weight is 1150 g/mol. The third-order valence-corrected chi connectivity index (χ3v) is 18.8. The molecule has 0 saturated heterocycles. The quantitative estimate of drug-likeness (QED) is 0.121. The number of hydrogen-bond donors (Lipinski definition) is 0. The number of rotatable bonds is 12. The molecule has 418 valence electrons. The molecule has 0 aliphatic carbocycles. The molecule has 0 N–H and O–H groups in total. The second-order valence-corrected chi connectivity index (χ2v) is 23.9. The average Bonchev–Trinajstić information content (AvgIpc) is 1.67. The van der Waals surface area contributed by atoms with E-state index in [0.717, 1.165) is 89.8 Å². The van der Waals surface area contributed by atoms with Crippen LogP contribution in [0, 0.1) is 0 Å². The van der Waals surface area contributed by atoms with E-state index in [4.69, 9.17) is 0 Å². The monoisotopic (exact) mass is 1150 g/mol. The highest BCUT2D eigenvalue weighted by molar-refractivity contribution is 7.27. The van der Waals surface area contributed by atoms with Gasteiger partial charge in [-0.15, -0.1) is 11.3 Å². The van der Waals surface area contributed by atoms with Gasteiger partial charge in [-0.3, -0.25) is 0 Å². The number of hydrogen-bond acceptors (Lipinski definition) is 3. The van der Waals surface area contributed by atoms with Gasteiger partial charge >= 0.3 is 0 Å². The molecule has 0 aliphatic heterocycles. The molecule has 3 aromatic heterocycles. The first-order valence-electron chi connectivity index (χ1n) is 30.4. The number of anilines is 6. The highest BCUT2D eigenvalue weighted by atomic mass is 32.1. The number of aromatic nitrogens is 2. The van der Waals surface area contributed by atoms with Gasteiger partial charge in [0.25, 0.3) is 0 Å². The van der Waals surface area contributed by atoms with E-state index in [9.17, 15) is 0 Å². The predicted octanol–water partition coefficient (Wildman–Crippen LogP) is 23.9. The molecule has 5 heteroatoms. The summed E-state index contributed by atoms with van der Waals surface area (Å²) >= 11 is 1.93. The highest BCUT2D eigenvalue weighted by Crippen LogP contribution is 2.51. The maximum atomic E-state index is 2.52. The third kappa shape index (κ3) is 9.06. The Morgan fingerprint density at radius 1 is 0.202 bits per heavy atom. The van der Waals surface area contributed by atoms with E-state index < -0.39 is 0 Å². The maximum absolute atomic E-state index is 2.52. The number of fused-ring (bicyclic) bond motifs is 11. The first-order chi connectivity index (χ1) is 44.1. The molecule has 0 amide bonds. The number of para-hydroxylation sites is 4. The van der Waals surface area contributed by atoms with E-state index in [2.05, 4.69) is 359 Å². The molecule has 17 aromatic rings. The van der Waals surface area contributed by atoms with Gasteiger partial charge in [-0.2, -0.15) is 0 Å². The lowest BCUT2D eigenvalue weighted by Crippen LogP contribution is -2.09. The summed E-state index contributed by atoms with van der Waals surface area (Å²) in [7, 11) is 0. The molecule has 3 heterocycles. The maximum Gasteiger partial charge on any atom is 0.0555 e. The van der Waals surface area contributed by atoms with Crippen LogP contribution in [-0.4, -0.2) is 9.13 Å². The van der Waals surface area contributed by atoms with Crippen molar-refractivity contribution in [2.75, 3.05) is 9.80 Å². The van der Waals surface area contributed by atoms with Crippen LogP contribution in [0.15, 0.2) is 340 Å². The minimum Gasteiger partial charge on any atom is -0.310 e. The van der Waals surface area contributed by atoms with E-state index in [0.29, 0.717) is 0 Å². The fourth-order valence-corrected chi connectivity index (χ4v) is 15.0. The van der Waals surface area contributed by atoms with Crippen LogP contribution in [0.4, 0.5) is 34.1 Å². The van der Waals surface area contributed by atoms with Gasteiger partial charge in [0.2, 0.25) is 0 Å². The molecule has 0 bridgehead atoms. The van der Waals surface area contributed by atoms with Gasteiger partial charge in [0.05, 0.1) is 22.1 Å². The van der Waals surface area contributed by atoms with E-state index in [1.54, 1.807) is 0 Å². The predicted molar refractivity (Wildman–Crippen MR) is 379 cm³/mol. The minimum absolute atomic E-state index is 1.09. The molecule has 0 spiro atoms. The zero-order valence-electron chi connectivity index (χ0n) is 48.5. The van der Waals surface area contributed by atoms with Crippen LogP contribution in [-0.2, 0) is 0 Å². The summed E-state index contributed by atoms with van der Waals surface area (Å²) in [5, 5.41) is 7.30. The van der Waals surface area contributed by atoms with Gasteiger partial charge < -0.3 is 18.9 Å². The molecular weight excluding hydrogens is 1100 g/mol. The fraction of sp³-hybridized carbons (Fsp3) is 0. The molecule has 0 unspecified atom stereocenters. The van der Waals surface area contributed by atoms with Crippen molar-refractivity contribution in [1.29, 1.82) is 0 Å². The summed E-state index contributed by atoms with van der Waals surface area (Å²) in [6.07, 6.45) is 0. The first kappa shape index (κ1) is 51.9. The first-order valence-corrected chi connectivity index (χ1v) is 31.2. The second-order valence-electron chi connectivity index (χ2n) is 22.9. The smallest absolute Gasteiger partial charge is 0.0555 e. The van der Waals surface area contributed by atoms with Crippen molar-refractivity contribution < 1.29 is 0 Å². The van der Waals surface area contributed by atoms with Gasteiger partial charge in [0, 0.05) is 87.2 Å². The lowest BCUT2D eigenvalue weighted by molar-refractivity contribution is 1.18. The van der Waals surface area contributed by atoms with Crippen LogP contribution in [0.1, 0.15) is 0 Å². The van der Waals surface area contributed by atoms with E-state index >= 15 is 0 Å². The van der Waals surface area contributed by atoms with Crippen molar-refractivity contribution in [3.8, 4) is 55.9 Å². The van der Waals surface area contributed by atoms with Crippen molar-refractivity contribution >= 4 is 109 Å². The standard InChI is InChI=1S/C84H56N4S/c1-9-25-57(26-10-1)61-49-62(58-27-11-2-12-28-58)52-71(51-61)87-77-45-41-69(85(65-33-17-5-18-34-65)66-35-19-6-20-36-66)55-75(77)81-79(87)47-43-73-74-44-48-80-82(84(74)89-83(73)81)76-56-70(86(67-37-21-7-22-38-67)68-39-23-8-24-40-68)42-46-78(76)88(80)72-53-63(59-29-13-3-14-30-59)50-64(54-72)60-31-15-4-16-32-60/h1-56H. The van der Waals surface area contributed by atoms with E-state index in [1.807, 2.05) is 11.3 Å². The van der Waals surface area contributed by atoms with Gasteiger partial charge in [-0.1, -0.05) is 206 Å². The summed E-state index contributed by atoms with van der Waals surface area (Å²) in [4.78, 5) is 4.77. The molecule has 14 aromatic carbocycles. The minimum atomic E-state index is 1.09. The SMILES string of the molecule is c1ccc(-c2cc(-c3ccccc3)cc(-n3c4ccc(N(c5ccccc5)c5ccccc5)cc4c4c5sc6c(ccc7c6c6cc(N(c8ccccc8)c8ccccc8)ccc6n7-c6cc(-c7ccccc7)cc(-c7ccccc7)c6)c5ccc43)c2)cc1. The van der Waals surface area contributed by atoms with Crippen LogP contribution in [0.25, 0.3) is 120 Å². The Morgan fingerprint density at radius 2 is 0.472 bits per heavy atom. The van der Waals surface area contributed by atoms with E-state index in [1.165, 1.54) is 64.0 Å². The second kappa shape index (κ2) is 21.8. The fourth-order valence-electron chi connectivity index (χ4n) is 13.6. The lowest BCUT2D eigenvalue weighted by atomic mass is 9.98. The summed E-state index contributed by atoms with van der Waals surface area (Å²) in [5.74, 6) is 0. The normalized spacial score (nSPS) is 11.6. The van der Waals surface area contributed by atoms with Crippen molar-refractivity contribution in [3.63, 3.8) is 0 Å². The number of nitrogens with zero attached hydrogens (tertiary/aromatic N) is 4. The Balaban J connectivity index is 0.980. The van der Waals surface area contributed by atoms with Crippen LogP contribution in [0.5, 0.6) is 0 Å². The van der Waals surface area contributed by atoms with Gasteiger partial charge in [0.1, 0.15) is 0 Å². The molecule has 0 fully saturated rings. The Bertz CT molecular complexity index is 4920. The molecular formula is C84H56N4S. The molecule has 0 atom stereocenters. The molecule has 0 saturated carbocycles. The van der Waals surface area contributed by atoms with Crippen LogP contribution in [0.3, 0.4) is 0 Å². The number of thiophene rings is 1. The summed E-state index contributed by atoms with van der Waals surface area (Å²) in [6, 6.07) is 124. The third-order valence-electron chi connectivity index (χ3n) is 17.6. The van der Waals surface area contributed by atoms with Crippen molar-refractivity contribution in [2.45, 2.75) is 0 Å². The summed E-state index contributed by atoms with van der Waals surface area (Å²) < 4.78 is 7.55. The van der Waals surface area contributed by atoms with Crippen molar-refractivity contribution in [2.24, 2.45) is 0 Å². The largest absolute Gasteiger partial charge is 0.310 e. The zero-order valence-corrected chi connectivity index (χ0v) is 49.3. The van der Waals surface area contributed by atoms with Gasteiger partial charge in [-0.25, -0.2) is 0 Å². The molecule has 17 rings (SSSR count).